The molecule has 6 nitrogen and oxygen atoms in total. The Balaban J connectivity index is 3.96. The van der Waals surface area contributed by atoms with Crippen molar-refractivity contribution in [3.63, 3.8) is 0 Å². The molecular weight excluding hydrogens is 209 g/mol. The van der Waals surface area contributed by atoms with Gasteiger partial charge < -0.3 is 9.38 Å². The first-order chi connectivity index (χ1) is 6.12. The second kappa shape index (κ2) is 5.00. The van der Waals surface area contributed by atoms with E-state index in [9.17, 15) is 9.36 Å². The number of nitrogens with zero attached hydrogens (tertiary/aromatic N) is 1. The van der Waals surface area contributed by atoms with Gasteiger partial charge >= 0.3 is 7.82 Å². The second-order valence-electron chi connectivity index (χ2n) is 3.99. The lowest BCUT2D eigenvalue weighted by atomic mass is 10.5. The van der Waals surface area contributed by atoms with Gasteiger partial charge in [0.25, 0.3) is 0 Å². The van der Waals surface area contributed by atoms with E-state index in [2.05, 4.69) is 9.05 Å². The van der Waals surface area contributed by atoms with E-state index in [1.165, 1.54) is 6.92 Å². The number of quaternary nitrogens is 1. The number of carbonyl (C=O) groups excluding carboxylic acids is 1. The number of hydrogen-bond donors (Lipinski definition) is 1. The molecule has 0 aromatic carbocycles. The summed E-state index contributed by atoms with van der Waals surface area (Å²) in [5.74, 6) is -0.326. The summed E-state index contributed by atoms with van der Waals surface area (Å²) in [6.07, 6.45) is 0. The lowest BCUT2D eigenvalue weighted by molar-refractivity contribution is -0.887. The summed E-state index contributed by atoms with van der Waals surface area (Å²) in [5.41, 5.74) is 0. The minimum Gasteiger partial charge on any atom is -0.308 e. The molecule has 0 amide bonds. The summed E-state index contributed by atoms with van der Waals surface area (Å²) < 4.78 is 20.6. The Kier molecular flexibility index (Phi) is 4.91. The quantitative estimate of drug-likeness (QED) is 0.402. The molecule has 0 aromatic heterocycles. The highest BCUT2D eigenvalue weighted by molar-refractivity contribution is 7.47. The van der Waals surface area contributed by atoms with Gasteiger partial charge in [-0.3, -0.25) is 9.32 Å². The number of hydrogen-bond acceptors (Lipinski definition) is 4. The Morgan fingerprint density at radius 2 is 1.86 bits per heavy atom. The molecule has 0 radical (unpaired) electrons. The highest BCUT2D eigenvalue weighted by Crippen LogP contribution is 2.43. The maximum absolute atomic E-state index is 11.1. The van der Waals surface area contributed by atoms with Gasteiger partial charge in [0, 0.05) is 0 Å². The van der Waals surface area contributed by atoms with Gasteiger partial charge in [0.15, 0.2) is 12.5 Å². The van der Waals surface area contributed by atoms with Crippen molar-refractivity contribution in [2.75, 3.05) is 34.5 Å². The van der Waals surface area contributed by atoms with Crippen molar-refractivity contribution < 1.29 is 27.8 Å². The van der Waals surface area contributed by atoms with Crippen molar-refractivity contribution >= 4 is 13.6 Å². The van der Waals surface area contributed by atoms with Crippen molar-refractivity contribution in [2.45, 2.75) is 6.92 Å². The number of Topliss-reactive ketones (excluding diaryl/α,β-unsaturated/α-hetero) is 1. The molecule has 1 unspecified atom stereocenters. The predicted molar refractivity (Wildman–Crippen MR) is 50.4 cm³/mol. The van der Waals surface area contributed by atoms with Crippen LogP contribution in [-0.2, 0) is 18.4 Å². The van der Waals surface area contributed by atoms with Crippen LogP contribution in [0.4, 0.5) is 0 Å². The van der Waals surface area contributed by atoms with Gasteiger partial charge in [-0.25, -0.2) is 9.09 Å². The number of phosphoric acid groups is 1. The monoisotopic (exact) mass is 226 g/mol. The number of carbonyl (C=O) groups is 1. The van der Waals surface area contributed by atoms with Gasteiger partial charge in [-0.2, -0.15) is 0 Å². The van der Waals surface area contributed by atoms with E-state index in [4.69, 9.17) is 4.89 Å². The predicted octanol–water partition coefficient (Wildman–Crippen LogP) is 0.373. The smallest absolute Gasteiger partial charge is 0.308 e. The Labute approximate surface area is 83.6 Å². The standard InChI is InChI=1S/C7H16NO5P/c1-7(9)5-12-14(10,11)13-6-8(2,3)4/h5-6H2,1-4H3/p+1. The Morgan fingerprint density at radius 1 is 1.36 bits per heavy atom. The van der Waals surface area contributed by atoms with Crippen LogP contribution >= 0.6 is 7.82 Å². The van der Waals surface area contributed by atoms with Gasteiger partial charge in [-0.15, -0.1) is 0 Å². The molecule has 14 heavy (non-hydrogen) atoms. The summed E-state index contributed by atoms with van der Waals surface area (Å²) in [4.78, 5) is 19.6. The molecule has 0 fully saturated rings. The van der Waals surface area contributed by atoms with Gasteiger partial charge in [-0.1, -0.05) is 0 Å². The van der Waals surface area contributed by atoms with Crippen molar-refractivity contribution in [1.82, 2.24) is 0 Å². The lowest BCUT2D eigenvalue weighted by Gasteiger charge is -2.24. The third-order valence-electron chi connectivity index (χ3n) is 1.04. The van der Waals surface area contributed by atoms with Crippen molar-refractivity contribution in [2.24, 2.45) is 0 Å². The average molecular weight is 226 g/mol. The third kappa shape index (κ3) is 8.34. The van der Waals surface area contributed by atoms with Gasteiger partial charge in [-0.05, 0) is 6.92 Å². The molecule has 1 N–H and O–H groups in total. The van der Waals surface area contributed by atoms with Crippen LogP contribution < -0.4 is 0 Å². The molecule has 84 valence electrons. The zero-order chi connectivity index (χ0) is 11.4. The van der Waals surface area contributed by atoms with Crippen molar-refractivity contribution in [3.05, 3.63) is 0 Å². The van der Waals surface area contributed by atoms with Crippen LogP contribution in [0.25, 0.3) is 0 Å². The van der Waals surface area contributed by atoms with E-state index in [0.717, 1.165) is 0 Å². The highest BCUT2D eigenvalue weighted by Gasteiger charge is 2.24. The molecule has 0 saturated carbocycles. The maximum atomic E-state index is 11.1. The summed E-state index contributed by atoms with van der Waals surface area (Å²) >= 11 is 0. The largest absolute Gasteiger partial charge is 0.477 e. The normalized spacial score (nSPS) is 16.4. The zero-order valence-corrected chi connectivity index (χ0v) is 9.78. The van der Waals surface area contributed by atoms with Crippen LogP contribution in [0.2, 0.25) is 0 Å². The summed E-state index contributed by atoms with van der Waals surface area (Å²) in [5, 5.41) is 0. The van der Waals surface area contributed by atoms with E-state index >= 15 is 0 Å². The molecule has 7 heteroatoms. The minimum absolute atomic E-state index is 0.0334. The van der Waals surface area contributed by atoms with Crippen LogP contribution in [0.15, 0.2) is 0 Å². The average Bonchev–Trinajstić information content (AvgIpc) is 1.97. The lowest BCUT2D eigenvalue weighted by Crippen LogP contribution is -2.36. The molecule has 0 aliphatic carbocycles. The first-order valence-electron chi connectivity index (χ1n) is 4.04. The van der Waals surface area contributed by atoms with Crippen LogP contribution in [0.1, 0.15) is 6.92 Å². The molecular formula is C7H17NO5P+. The van der Waals surface area contributed by atoms with Crippen LogP contribution in [-0.4, -0.2) is 49.6 Å². The SMILES string of the molecule is CC(=O)COP(=O)(O)OC[N+](C)(C)C. The minimum atomic E-state index is -4.08. The number of phosphoric ester groups is 1. The molecule has 0 saturated heterocycles. The highest BCUT2D eigenvalue weighted by atomic mass is 31.2. The molecule has 0 rings (SSSR count). The van der Waals surface area contributed by atoms with Crippen LogP contribution in [0, 0.1) is 0 Å². The summed E-state index contributed by atoms with van der Waals surface area (Å²) in [6.45, 7) is 0.885. The summed E-state index contributed by atoms with van der Waals surface area (Å²) in [7, 11) is 1.31. The molecule has 0 aliphatic rings. The Morgan fingerprint density at radius 3 is 2.21 bits per heavy atom. The number of rotatable bonds is 6. The molecule has 0 bridgehead atoms. The molecule has 0 aromatic rings. The molecule has 0 heterocycles. The van der Waals surface area contributed by atoms with E-state index in [-0.39, 0.29) is 12.5 Å². The van der Waals surface area contributed by atoms with Gasteiger partial charge in [0.2, 0.25) is 0 Å². The Bertz CT molecular complexity index is 247. The van der Waals surface area contributed by atoms with E-state index < -0.39 is 14.4 Å². The van der Waals surface area contributed by atoms with Gasteiger partial charge in [0.05, 0.1) is 21.1 Å². The second-order valence-corrected chi connectivity index (χ2v) is 5.45. The first-order valence-corrected chi connectivity index (χ1v) is 5.54. The molecule has 1 atom stereocenters. The third-order valence-corrected chi connectivity index (χ3v) is 1.94. The summed E-state index contributed by atoms with van der Waals surface area (Å²) in [6, 6.07) is 0. The molecule has 0 aliphatic heterocycles. The topological polar surface area (TPSA) is 72.8 Å². The van der Waals surface area contributed by atoms with Crippen LogP contribution in [0.3, 0.4) is 0 Å². The number of ketones is 1. The fraction of sp³-hybridized carbons (Fsp3) is 0.857. The van der Waals surface area contributed by atoms with E-state index in [0.29, 0.717) is 4.48 Å². The van der Waals surface area contributed by atoms with E-state index in [1.54, 1.807) is 21.1 Å². The fourth-order valence-electron chi connectivity index (χ4n) is 0.456. The van der Waals surface area contributed by atoms with Crippen LogP contribution in [0.5, 0.6) is 0 Å². The van der Waals surface area contributed by atoms with Gasteiger partial charge in [0.1, 0.15) is 6.61 Å². The maximum Gasteiger partial charge on any atom is 0.477 e. The zero-order valence-electron chi connectivity index (χ0n) is 8.89. The Hall–Kier alpha value is -0.260. The van der Waals surface area contributed by atoms with Crippen molar-refractivity contribution in [1.29, 1.82) is 0 Å². The van der Waals surface area contributed by atoms with E-state index in [1.807, 2.05) is 0 Å². The molecule has 0 spiro atoms. The first kappa shape index (κ1) is 13.7. The van der Waals surface area contributed by atoms with Crippen molar-refractivity contribution in [3.8, 4) is 0 Å². The fourth-order valence-corrected chi connectivity index (χ4v) is 1.37.